The summed E-state index contributed by atoms with van der Waals surface area (Å²) in [7, 11) is 0. The average molecular weight is 234 g/mol. The molecule has 0 bridgehead atoms. The minimum atomic E-state index is -0.524. The van der Waals surface area contributed by atoms with Crippen molar-refractivity contribution in [3.8, 4) is 0 Å². The molecule has 0 atom stereocenters. The van der Waals surface area contributed by atoms with Crippen LogP contribution in [0.5, 0.6) is 0 Å². The molecule has 6 heteroatoms. The molecule has 2 N–H and O–H groups in total. The van der Waals surface area contributed by atoms with Gasteiger partial charge in [-0.15, -0.1) is 24.8 Å². The molecule has 0 spiro atoms. The summed E-state index contributed by atoms with van der Waals surface area (Å²) in [6.07, 6.45) is 1.45. The molecule has 0 saturated heterocycles. The number of hydrogen-bond acceptors (Lipinski definition) is 2. The van der Waals surface area contributed by atoms with Gasteiger partial charge in [0, 0.05) is 12.7 Å². The number of hydrogen-bond donors (Lipinski definition) is 1. The summed E-state index contributed by atoms with van der Waals surface area (Å²) in [5.41, 5.74) is 5.86. The van der Waals surface area contributed by atoms with Crippen LogP contribution in [0.4, 0.5) is 4.39 Å². The van der Waals surface area contributed by atoms with Crippen LogP contribution in [-0.2, 0) is 6.54 Å². The SMILES string of the molecule is Cl.Cl.NCc1cnc(Cl)c(F)c1. The van der Waals surface area contributed by atoms with Crippen LogP contribution in [0.1, 0.15) is 5.56 Å². The highest BCUT2D eigenvalue weighted by molar-refractivity contribution is 6.29. The van der Waals surface area contributed by atoms with Crippen molar-refractivity contribution in [2.75, 3.05) is 0 Å². The molecule has 1 heterocycles. The first kappa shape index (κ1) is 14.4. The molecule has 0 aliphatic heterocycles. The Hall–Kier alpha value is -0.0900. The van der Waals surface area contributed by atoms with Crippen LogP contribution in [0.2, 0.25) is 5.15 Å². The van der Waals surface area contributed by atoms with Crippen molar-refractivity contribution >= 4 is 36.4 Å². The molecule has 1 aromatic rings. The molecule has 0 fully saturated rings. The van der Waals surface area contributed by atoms with Gasteiger partial charge in [0.05, 0.1) is 0 Å². The van der Waals surface area contributed by atoms with Gasteiger partial charge >= 0.3 is 0 Å². The van der Waals surface area contributed by atoms with Crippen LogP contribution >= 0.6 is 36.4 Å². The van der Waals surface area contributed by atoms with E-state index < -0.39 is 5.82 Å². The Labute approximate surface area is 87.1 Å². The fourth-order valence-corrected chi connectivity index (χ4v) is 0.676. The summed E-state index contributed by atoms with van der Waals surface area (Å²) in [6, 6.07) is 1.27. The second-order valence-corrected chi connectivity index (χ2v) is 2.18. The van der Waals surface area contributed by atoms with Crippen LogP contribution < -0.4 is 5.73 Å². The van der Waals surface area contributed by atoms with Gasteiger partial charge in [0.15, 0.2) is 11.0 Å². The van der Waals surface area contributed by atoms with E-state index in [1.165, 1.54) is 12.3 Å². The zero-order valence-corrected chi connectivity index (χ0v) is 8.35. The van der Waals surface area contributed by atoms with Gasteiger partial charge in [-0.05, 0) is 11.6 Å². The van der Waals surface area contributed by atoms with Crippen molar-refractivity contribution in [3.63, 3.8) is 0 Å². The lowest BCUT2D eigenvalue weighted by Crippen LogP contribution is -1.97. The van der Waals surface area contributed by atoms with Crippen LogP contribution in [0.15, 0.2) is 12.3 Å². The van der Waals surface area contributed by atoms with Crippen LogP contribution in [0, 0.1) is 5.82 Å². The lowest BCUT2D eigenvalue weighted by atomic mass is 10.3. The van der Waals surface area contributed by atoms with E-state index in [0.29, 0.717) is 5.56 Å². The van der Waals surface area contributed by atoms with E-state index >= 15 is 0 Å². The lowest BCUT2D eigenvalue weighted by molar-refractivity contribution is 0.619. The molecular formula is C6H8Cl3FN2. The minimum Gasteiger partial charge on any atom is -0.326 e. The molecular weight excluding hydrogens is 225 g/mol. The van der Waals surface area contributed by atoms with Crippen molar-refractivity contribution in [1.29, 1.82) is 0 Å². The molecule has 0 aliphatic rings. The number of pyridine rings is 1. The maximum Gasteiger partial charge on any atom is 0.164 e. The highest BCUT2D eigenvalue weighted by Crippen LogP contribution is 2.10. The summed E-state index contributed by atoms with van der Waals surface area (Å²) in [5, 5.41) is -0.114. The molecule has 0 unspecified atom stereocenters. The second-order valence-electron chi connectivity index (χ2n) is 1.82. The Morgan fingerprint density at radius 2 is 2.08 bits per heavy atom. The van der Waals surface area contributed by atoms with Gasteiger partial charge in [0.25, 0.3) is 0 Å². The Morgan fingerprint density at radius 1 is 1.50 bits per heavy atom. The topological polar surface area (TPSA) is 38.9 Å². The molecule has 0 radical (unpaired) electrons. The summed E-state index contributed by atoms with van der Waals surface area (Å²) in [4.78, 5) is 3.56. The third-order valence-corrected chi connectivity index (χ3v) is 1.37. The molecule has 70 valence electrons. The largest absolute Gasteiger partial charge is 0.326 e. The van der Waals surface area contributed by atoms with Crippen molar-refractivity contribution in [1.82, 2.24) is 4.98 Å². The molecule has 1 aromatic heterocycles. The Kier molecular flexibility index (Phi) is 7.73. The van der Waals surface area contributed by atoms with E-state index in [2.05, 4.69) is 4.98 Å². The van der Waals surface area contributed by atoms with E-state index in [1.807, 2.05) is 0 Å². The monoisotopic (exact) mass is 232 g/mol. The van der Waals surface area contributed by atoms with Gasteiger partial charge in [-0.25, -0.2) is 9.37 Å². The van der Waals surface area contributed by atoms with Gasteiger partial charge in [-0.1, -0.05) is 11.6 Å². The maximum atomic E-state index is 12.5. The van der Waals surface area contributed by atoms with Gasteiger partial charge in [0.1, 0.15) is 0 Å². The van der Waals surface area contributed by atoms with Crippen LogP contribution in [0.25, 0.3) is 0 Å². The predicted octanol–water partition coefficient (Wildman–Crippen LogP) is 2.18. The molecule has 2 nitrogen and oxygen atoms in total. The third-order valence-electron chi connectivity index (χ3n) is 1.09. The first-order valence-corrected chi connectivity index (χ1v) is 3.12. The lowest BCUT2D eigenvalue weighted by Gasteiger charge is -1.95. The van der Waals surface area contributed by atoms with Gasteiger partial charge in [-0.2, -0.15) is 0 Å². The zero-order valence-electron chi connectivity index (χ0n) is 5.96. The molecule has 0 amide bonds. The van der Waals surface area contributed by atoms with Crippen molar-refractivity contribution < 1.29 is 4.39 Å². The predicted molar refractivity (Wildman–Crippen MR) is 51.6 cm³/mol. The Balaban J connectivity index is 0. The molecule has 1 rings (SSSR count). The van der Waals surface area contributed by atoms with E-state index in [4.69, 9.17) is 17.3 Å². The molecule has 12 heavy (non-hydrogen) atoms. The maximum absolute atomic E-state index is 12.5. The number of aromatic nitrogens is 1. The fraction of sp³-hybridized carbons (Fsp3) is 0.167. The highest BCUT2D eigenvalue weighted by Gasteiger charge is 1.99. The first-order chi connectivity index (χ1) is 4.74. The number of rotatable bonds is 1. The zero-order chi connectivity index (χ0) is 7.56. The third kappa shape index (κ3) is 3.54. The molecule has 0 saturated carbocycles. The number of halogens is 4. The summed E-state index contributed by atoms with van der Waals surface area (Å²) >= 11 is 5.31. The van der Waals surface area contributed by atoms with E-state index in [-0.39, 0.29) is 36.5 Å². The molecule has 0 aliphatic carbocycles. The minimum absolute atomic E-state index is 0. The summed E-state index contributed by atoms with van der Waals surface area (Å²) < 4.78 is 12.5. The van der Waals surface area contributed by atoms with Crippen molar-refractivity contribution in [2.24, 2.45) is 5.73 Å². The number of nitrogens with two attached hydrogens (primary N) is 1. The van der Waals surface area contributed by atoms with E-state index in [9.17, 15) is 4.39 Å². The fourth-order valence-electron chi connectivity index (χ4n) is 0.572. The van der Waals surface area contributed by atoms with E-state index in [0.717, 1.165) is 0 Å². The van der Waals surface area contributed by atoms with E-state index in [1.54, 1.807) is 0 Å². The average Bonchev–Trinajstić information content (AvgIpc) is 1.95. The Bertz CT molecular complexity index is 244. The number of nitrogens with zero attached hydrogens (tertiary/aromatic N) is 1. The smallest absolute Gasteiger partial charge is 0.164 e. The standard InChI is InChI=1S/C6H6ClFN2.2ClH/c7-6-5(8)1-4(2-9)3-10-6;;/h1,3H,2,9H2;2*1H. The second kappa shape index (κ2) is 6.43. The van der Waals surface area contributed by atoms with Crippen molar-refractivity contribution in [2.45, 2.75) is 6.54 Å². The molecule has 0 aromatic carbocycles. The first-order valence-electron chi connectivity index (χ1n) is 2.74. The van der Waals surface area contributed by atoms with Crippen LogP contribution in [-0.4, -0.2) is 4.98 Å². The summed E-state index contributed by atoms with van der Waals surface area (Å²) in [6.45, 7) is 0.279. The van der Waals surface area contributed by atoms with Crippen molar-refractivity contribution in [3.05, 3.63) is 28.8 Å². The summed E-state index contributed by atoms with van der Waals surface area (Å²) in [5.74, 6) is -0.524. The van der Waals surface area contributed by atoms with Gasteiger partial charge in [0.2, 0.25) is 0 Å². The van der Waals surface area contributed by atoms with Gasteiger partial charge < -0.3 is 5.73 Å². The Morgan fingerprint density at radius 3 is 2.50 bits per heavy atom. The quantitative estimate of drug-likeness (QED) is 0.755. The normalized spacial score (nSPS) is 8.25. The van der Waals surface area contributed by atoms with Gasteiger partial charge in [-0.3, -0.25) is 0 Å². The van der Waals surface area contributed by atoms with Crippen LogP contribution in [0.3, 0.4) is 0 Å². The highest BCUT2D eigenvalue weighted by atomic mass is 35.5.